The lowest BCUT2D eigenvalue weighted by Crippen LogP contribution is -2.07. The van der Waals surface area contributed by atoms with E-state index in [-0.39, 0.29) is 6.61 Å². The largest absolute Gasteiger partial charge is 0.396 e. The number of aliphatic hydroxyl groups excluding tert-OH is 2. The maximum atomic E-state index is 8.87. The second-order valence-corrected chi connectivity index (χ2v) is 7.78. The van der Waals surface area contributed by atoms with E-state index in [2.05, 4.69) is 33.8 Å². The minimum Gasteiger partial charge on any atom is -0.396 e. The van der Waals surface area contributed by atoms with Crippen LogP contribution in [-0.2, 0) is 0 Å². The fourth-order valence-corrected chi connectivity index (χ4v) is 3.17. The molecule has 0 saturated heterocycles. The van der Waals surface area contributed by atoms with Gasteiger partial charge >= 0.3 is 0 Å². The Kier molecular flexibility index (Phi) is 15.5. The maximum absolute atomic E-state index is 8.87. The molecule has 0 aromatic heterocycles. The molecular formula is C22H42O2. The van der Waals surface area contributed by atoms with Gasteiger partial charge in [0.1, 0.15) is 0 Å². The van der Waals surface area contributed by atoms with E-state index in [4.69, 9.17) is 10.2 Å². The van der Waals surface area contributed by atoms with Gasteiger partial charge in [0.25, 0.3) is 0 Å². The highest BCUT2D eigenvalue weighted by Gasteiger charge is 2.13. The smallest absolute Gasteiger partial charge is 0.0614 e. The van der Waals surface area contributed by atoms with Gasteiger partial charge in [-0.25, -0.2) is 0 Å². The Morgan fingerprint density at radius 1 is 1.04 bits per heavy atom. The minimum atomic E-state index is 0.167. The third-order valence-corrected chi connectivity index (χ3v) is 4.88. The zero-order valence-electron chi connectivity index (χ0n) is 16.7. The van der Waals surface area contributed by atoms with Crippen molar-refractivity contribution in [1.82, 2.24) is 0 Å². The Bertz CT molecular complexity index is 334. The number of hydrogen-bond donors (Lipinski definition) is 2. The number of hydrogen-bond acceptors (Lipinski definition) is 2. The molecule has 1 aliphatic carbocycles. The summed E-state index contributed by atoms with van der Waals surface area (Å²) in [6.45, 7) is 8.93. The lowest BCUT2D eigenvalue weighted by atomic mass is 9.85. The first-order valence-electron chi connectivity index (χ1n) is 10.00. The molecule has 1 rings (SSSR count). The van der Waals surface area contributed by atoms with Crippen LogP contribution in [0, 0.1) is 11.8 Å². The SMILES string of the molecule is CC(C)=CCCC(C)=CCO.CC(CO)CCCC1CCCCC1. The quantitative estimate of drug-likeness (QED) is 0.503. The van der Waals surface area contributed by atoms with E-state index in [9.17, 15) is 0 Å². The van der Waals surface area contributed by atoms with Gasteiger partial charge < -0.3 is 10.2 Å². The summed E-state index contributed by atoms with van der Waals surface area (Å²) in [6.07, 6.45) is 17.5. The molecule has 2 nitrogen and oxygen atoms in total. The van der Waals surface area contributed by atoms with E-state index in [0.717, 1.165) is 18.8 Å². The molecule has 1 fully saturated rings. The highest BCUT2D eigenvalue weighted by molar-refractivity contribution is 5.01. The summed E-state index contributed by atoms with van der Waals surface area (Å²) in [7, 11) is 0. The van der Waals surface area contributed by atoms with Crippen molar-refractivity contribution in [2.75, 3.05) is 13.2 Å². The lowest BCUT2D eigenvalue weighted by Gasteiger charge is -2.21. The van der Waals surface area contributed by atoms with E-state index in [0.29, 0.717) is 12.5 Å². The number of allylic oxidation sites excluding steroid dienone is 3. The normalized spacial score (nSPS) is 17.0. The van der Waals surface area contributed by atoms with Crippen LogP contribution in [0.25, 0.3) is 0 Å². The third kappa shape index (κ3) is 15.0. The molecule has 2 N–H and O–H groups in total. The average molecular weight is 339 g/mol. The van der Waals surface area contributed by atoms with E-state index in [1.165, 1.54) is 62.5 Å². The van der Waals surface area contributed by atoms with Crippen LogP contribution in [0.15, 0.2) is 23.3 Å². The molecule has 1 unspecified atom stereocenters. The van der Waals surface area contributed by atoms with Crippen molar-refractivity contribution in [2.45, 2.75) is 91.9 Å². The molecule has 0 aliphatic heterocycles. The summed E-state index contributed by atoms with van der Waals surface area (Å²) in [5, 5.41) is 17.4. The van der Waals surface area contributed by atoms with Crippen molar-refractivity contribution >= 4 is 0 Å². The molecule has 2 heteroatoms. The molecule has 24 heavy (non-hydrogen) atoms. The molecule has 0 amide bonds. The van der Waals surface area contributed by atoms with Gasteiger partial charge in [0.2, 0.25) is 0 Å². The summed E-state index contributed by atoms with van der Waals surface area (Å²) in [4.78, 5) is 0. The molecule has 0 bridgehead atoms. The standard InChI is InChI=1S/C12H24O.C10H18O/c1-11(10-13)6-5-9-12-7-3-2-4-8-12;1-9(2)5-4-6-10(3)7-8-11/h11-13H,2-10H2,1H3;5,7,11H,4,6,8H2,1-3H3. The molecule has 0 spiro atoms. The minimum absolute atomic E-state index is 0.167. The van der Waals surface area contributed by atoms with Gasteiger partial charge in [-0.05, 0) is 51.9 Å². The van der Waals surface area contributed by atoms with Crippen LogP contribution in [0.1, 0.15) is 91.9 Å². The fraction of sp³-hybridized carbons (Fsp3) is 0.818. The zero-order valence-corrected chi connectivity index (χ0v) is 16.7. The zero-order chi connectivity index (χ0) is 18.2. The number of aliphatic hydroxyl groups is 2. The van der Waals surface area contributed by atoms with Crippen LogP contribution in [0.5, 0.6) is 0 Å². The summed E-state index contributed by atoms with van der Waals surface area (Å²) < 4.78 is 0. The van der Waals surface area contributed by atoms with Gasteiger partial charge in [0.05, 0.1) is 6.61 Å². The van der Waals surface area contributed by atoms with Crippen molar-refractivity contribution in [3.63, 3.8) is 0 Å². The molecule has 0 radical (unpaired) electrons. The first-order valence-corrected chi connectivity index (χ1v) is 10.00. The van der Waals surface area contributed by atoms with Crippen LogP contribution in [0.3, 0.4) is 0 Å². The van der Waals surface area contributed by atoms with Crippen LogP contribution in [0.4, 0.5) is 0 Å². The van der Waals surface area contributed by atoms with Gasteiger partial charge in [0, 0.05) is 6.61 Å². The molecule has 0 aromatic rings. The van der Waals surface area contributed by atoms with Crippen molar-refractivity contribution in [3.8, 4) is 0 Å². The average Bonchev–Trinajstić information content (AvgIpc) is 2.56. The lowest BCUT2D eigenvalue weighted by molar-refractivity contribution is 0.222. The molecular weight excluding hydrogens is 296 g/mol. The Balaban J connectivity index is 0.000000449. The third-order valence-electron chi connectivity index (χ3n) is 4.88. The van der Waals surface area contributed by atoms with Gasteiger partial charge in [0.15, 0.2) is 0 Å². The summed E-state index contributed by atoms with van der Waals surface area (Å²) in [5.41, 5.74) is 2.63. The Morgan fingerprint density at radius 2 is 1.71 bits per heavy atom. The monoisotopic (exact) mass is 338 g/mol. The van der Waals surface area contributed by atoms with Gasteiger partial charge in [-0.1, -0.05) is 75.2 Å². The van der Waals surface area contributed by atoms with Gasteiger partial charge in [-0.2, -0.15) is 0 Å². The molecule has 1 saturated carbocycles. The fourth-order valence-electron chi connectivity index (χ4n) is 3.17. The van der Waals surface area contributed by atoms with E-state index < -0.39 is 0 Å². The molecule has 1 atom stereocenters. The summed E-state index contributed by atoms with van der Waals surface area (Å²) in [5.74, 6) is 1.53. The van der Waals surface area contributed by atoms with Gasteiger partial charge in [-0.3, -0.25) is 0 Å². The maximum Gasteiger partial charge on any atom is 0.0614 e. The van der Waals surface area contributed by atoms with Crippen molar-refractivity contribution in [2.24, 2.45) is 11.8 Å². The molecule has 0 heterocycles. The molecule has 0 aromatic carbocycles. The first kappa shape index (κ1) is 23.4. The van der Waals surface area contributed by atoms with Crippen LogP contribution >= 0.6 is 0 Å². The first-order chi connectivity index (χ1) is 11.5. The van der Waals surface area contributed by atoms with E-state index in [1.807, 2.05) is 6.08 Å². The van der Waals surface area contributed by atoms with Crippen LogP contribution < -0.4 is 0 Å². The second-order valence-electron chi connectivity index (χ2n) is 7.78. The van der Waals surface area contributed by atoms with Crippen molar-refractivity contribution in [1.29, 1.82) is 0 Å². The topological polar surface area (TPSA) is 40.5 Å². The molecule has 142 valence electrons. The van der Waals surface area contributed by atoms with Crippen molar-refractivity contribution < 1.29 is 10.2 Å². The number of rotatable bonds is 9. The van der Waals surface area contributed by atoms with E-state index in [1.54, 1.807) is 0 Å². The van der Waals surface area contributed by atoms with Crippen LogP contribution in [0.2, 0.25) is 0 Å². The van der Waals surface area contributed by atoms with Crippen LogP contribution in [-0.4, -0.2) is 23.4 Å². The predicted molar refractivity (Wildman–Crippen MR) is 106 cm³/mol. The highest BCUT2D eigenvalue weighted by Crippen LogP contribution is 2.28. The van der Waals surface area contributed by atoms with Crippen molar-refractivity contribution in [3.05, 3.63) is 23.3 Å². The summed E-state index contributed by atoms with van der Waals surface area (Å²) in [6, 6.07) is 0. The highest BCUT2D eigenvalue weighted by atomic mass is 16.3. The summed E-state index contributed by atoms with van der Waals surface area (Å²) >= 11 is 0. The van der Waals surface area contributed by atoms with E-state index >= 15 is 0 Å². The Morgan fingerprint density at radius 3 is 2.25 bits per heavy atom. The Labute approximate surface area is 151 Å². The molecule has 1 aliphatic rings. The Hall–Kier alpha value is -0.600. The predicted octanol–water partition coefficient (Wildman–Crippen LogP) is 6.04. The van der Waals surface area contributed by atoms with Gasteiger partial charge in [-0.15, -0.1) is 0 Å². The second kappa shape index (κ2) is 15.9.